The molecule has 0 radical (unpaired) electrons. The molecular formula is C15H19N3O2. The third-order valence-corrected chi connectivity index (χ3v) is 2.79. The number of phenolic OH excluding ortho intramolecular Hbond substituents is 1. The molecule has 1 heterocycles. The van der Waals surface area contributed by atoms with E-state index in [0.717, 1.165) is 17.0 Å². The Hall–Kier alpha value is -2.14. The highest BCUT2D eigenvalue weighted by molar-refractivity contribution is 5.41. The van der Waals surface area contributed by atoms with E-state index in [0.29, 0.717) is 25.4 Å². The molecule has 0 spiro atoms. The smallest absolute Gasteiger partial charge is 0.161 e. The van der Waals surface area contributed by atoms with Crippen LogP contribution in [0.5, 0.6) is 11.5 Å². The standard InChI is InChI=1S/C15H19N3O2/c1-3-20-15-6-12(4-5-14(15)19)8-16-9-13-10-17-11(2)7-18-13/h4-7,10,16,19H,3,8-9H2,1-2H3. The Morgan fingerprint density at radius 2 is 2.05 bits per heavy atom. The number of aromatic nitrogens is 2. The summed E-state index contributed by atoms with van der Waals surface area (Å²) in [6.07, 6.45) is 3.52. The van der Waals surface area contributed by atoms with Gasteiger partial charge in [-0.15, -0.1) is 0 Å². The Labute approximate surface area is 118 Å². The van der Waals surface area contributed by atoms with Gasteiger partial charge in [-0.1, -0.05) is 6.07 Å². The molecule has 0 aliphatic heterocycles. The Balaban J connectivity index is 1.90. The van der Waals surface area contributed by atoms with Gasteiger partial charge >= 0.3 is 0 Å². The number of rotatable bonds is 6. The predicted octanol–water partition coefficient (Wildman–Crippen LogP) is 2.18. The van der Waals surface area contributed by atoms with Gasteiger partial charge in [0.05, 0.1) is 18.0 Å². The summed E-state index contributed by atoms with van der Waals surface area (Å²) in [6.45, 7) is 5.66. The molecule has 0 aliphatic carbocycles. The van der Waals surface area contributed by atoms with E-state index in [1.165, 1.54) is 0 Å². The molecule has 0 bridgehead atoms. The molecule has 0 aliphatic rings. The SMILES string of the molecule is CCOc1cc(CNCc2cnc(C)cn2)ccc1O. The van der Waals surface area contributed by atoms with Gasteiger partial charge in [-0.3, -0.25) is 9.97 Å². The van der Waals surface area contributed by atoms with E-state index in [1.807, 2.05) is 26.0 Å². The first-order valence-corrected chi connectivity index (χ1v) is 6.62. The van der Waals surface area contributed by atoms with Crippen molar-refractivity contribution in [3.05, 3.63) is 47.5 Å². The van der Waals surface area contributed by atoms with Gasteiger partial charge in [0, 0.05) is 25.5 Å². The number of hydrogen-bond acceptors (Lipinski definition) is 5. The third kappa shape index (κ3) is 3.93. The summed E-state index contributed by atoms with van der Waals surface area (Å²) in [4.78, 5) is 8.48. The van der Waals surface area contributed by atoms with Gasteiger partial charge in [0.25, 0.3) is 0 Å². The average molecular weight is 273 g/mol. The summed E-state index contributed by atoms with van der Waals surface area (Å²) in [5.41, 5.74) is 2.86. The van der Waals surface area contributed by atoms with Gasteiger partial charge in [-0.2, -0.15) is 0 Å². The monoisotopic (exact) mass is 273 g/mol. The van der Waals surface area contributed by atoms with Crippen LogP contribution >= 0.6 is 0 Å². The minimum Gasteiger partial charge on any atom is -0.504 e. The van der Waals surface area contributed by atoms with Gasteiger partial charge in [-0.05, 0) is 31.5 Å². The zero-order chi connectivity index (χ0) is 14.4. The van der Waals surface area contributed by atoms with Crippen LogP contribution in [0, 0.1) is 6.92 Å². The fourth-order valence-electron chi connectivity index (χ4n) is 1.79. The second kappa shape index (κ2) is 6.86. The van der Waals surface area contributed by atoms with Gasteiger partial charge in [-0.25, -0.2) is 0 Å². The number of nitrogens with one attached hydrogen (secondary N) is 1. The fourth-order valence-corrected chi connectivity index (χ4v) is 1.79. The molecule has 106 valence electrons. The minimum atomic E-state index is 0.167. The molecule has 2 N–H and O–H groups in total. The van der Waals surface area contributed by atoms with Gasteiger partial charge < -0.3 is 15.2 Å². The fraction of sp³-hybridized carbons (Fsp3) is 0.333. The second-order valence-electron chi connectivity index (χ2n) is 4.49. The van der Waals surface area contributed by atoms with E-state index in [9.17, 15) is 5.11 Å². The third-order valence-electron chi connectivity index (χ3n) is 2.79. The summed E-state index contributed by atoms with van der Waals surface area (Å²) >= 11 is 0. The van der Waals surface area contributed by atoms with Crippen LogP contribution < -0.4 is 10.1 Å². The summed E-state index contributed by atoms with van der Waals surface area (Å²) in [6, 6.07) is 5.35. The molecule has 0 fully saturated rings. The van der Waals surface area contributed by atoms with E-state index >= 15 is 0 Å². The minimum absolute atomic E-state index is 0.167. The Morgan fingerprint density at radius 3 is 2.75 bits per heavy atom. The van der Waals surface area contributed by atoms with Crippen LogP contribution in [-0.4, -0.2) is 21.7 Å². The lowest BCUT2D eigenvalue weighted by atomic mass is 10.2. The molecule has 20 heavy (non-hydrogen) atoms. The van der Waals surface area contributed by atoms with Crippen molar-refractivity contribution in [1.82, 2.24) is 15.3 Å². The lowest BCUT2D eigenvalue weighted by Gasteiger charge is -2.09. The summed E-state index contributed by atoms with van der Waals surface area (Å²) in [7, 11) is 0. The second-order valence-corrected chi connectivity index (χ2v) is 4.49. The summed E-state index contributed by atoms with van der Waals surface area (Å²) in [5.74, 6) is 0.682. The Bertz CT molecular complexity index is 556. The van der Waals surface area contributed by atoms with Crippen LogP contribution in [0.2, 0.25) is 0 Å². The molecule has 0 atom stereocenters. The highest BCUT2D eigenvalue weighted by Crippen LogP contribution is 2.26. The van der Waals surface area contributed by atoms with Gasteiger partial charge in [0.2, 0.25) is 0 Å². The van der Waals surface area contributed by atoms with E-state index in [4.69, 9.17) is 4.74 Å². The first kappa shape index (κ1) is 14.3. The van der Waals surface area contributed by atoms with Crippen LogP contribution in [0.4, 0.5) is 0 Å². The van der Waals surface area contributed by atoms with E-state index < -0.39 is 0 Å². The van der Waals surface area contributed by atoms with Crippen molar-refractivity contribution in [3.63, 3.8) is 0 Å². The first-order chi connectivity index (χ1) is 9.69. The zero-order valence-electron chi connectivity index (χ0n) is 11.8. The normalized spacial score (nSPS) is 10.5. The number of aromatic hydroxyl groups is 1. The highest BCUT2D eigenvalue weighted by Gasteiger charge is 2.03. The molecule has 5 nitrogen and oxygen atoms in total. The Kier molecular flexibility index (Phi) is 4.90. The van der Waals surface area contributed by atoms with Crippen LogP contribution in [0.3, 0.4) is 0 Å². The van der Waals surface area contributed by atoms with Crippen molar-refractivity contribution in [1.29, 1.82) is 0 Å². The number of aryl methyl sites for hydroxylation is 1. The average Bonchev–Trinajstić information content (AvgIpc) is 2.45. The maximum absolute atomic E-state index is 9.63. The van der Waals surface area contributed by atoms with Crippen LogP contribution in [-0.2, 0) is 13.1 Å². The lowest BCUT2D eigenvalue weighted by Crippen LogP contribution is -2.14. The highest BCUT2D eigenvalue weighted by atomic mass is 16.5. The topological polar surface area (TPSA) is 67.3 Å². The van der Waals surface area contributed by atoms with Crippen LogP contribution in [0.1, 0.15) is 23.9 Å². The molecule has 2 rings (SSSR count). The quantitative estimate of drug-likeness (QED) is 0.844. The largest absolute Gasteiger partial charge is 0.504 e. The summed E-state index contributed by atoms with van der Waals surface area (Å²) in [5, 5.41) is 12.9. The number of ether oxygens (including phenoxy) is 1. The number of nitrogens with zero attached hydrogens (tertiary/aromatic N) is 2. The van der Waals surface area contributed by atoms with Crippen molar-refractivity contribution in [2.24, 2.45) is 0 Å². The molecule has 0 saturated heterocycles. The van der Waals surface area contributed by atoms with Crippen molar-refractivity contribution in [2.75, 3.05) is 6.61 Å². The molecule has 2 aromatic rings. The van der Waals surface area contributed by atoms with Crippen LogP contribution in [0.15, 0.2) is 30.6 Å². The lowest BCUT2D eigenvalue weighted by molar-refractivity contribution is 0.317. The Morgan fingerprint density at radius 1 is 1.20 bits per heavy atom. The van der Waals surface area contributed by atoms with E-state index in [-0.39, 0.29) is 5.75 Å². The van der Waals surface area contributed by atoms with Gasteiger partial charge in [0.1, 0.15) is 0 Å². The summed E-state index contributed by atoms with van der Waals surface area (Å²) < 4.78 is 5.35. The first-order valence-electron chi connectivity index (χ1n) is 6.62. The number of hydrogen-bond donors (Lipinski definition) is 2. The molecule has 5 heteroatoms. The molecular weight excluding hydrogens is 254 g/mol. The van der Waals surface area contributed by atoms with Gasteiger partial charge in [0.15, 0.2) is 11.5 Å². The number of benzene rings is 1. The maximum atomic E-state index is 9.63. The predicted molar refractivity (Wildman–Crippen MR) is 76.6 cm³/mol. The van der Waals surface area contributed by atoms with E-state index in [1.54, 1.807) is 18.5 Å². The molecule has 0 saturated carbocycles. The molecule has 0 unspecified atom stereocenters. The molecule has 1 aromatic heterocycles. The zero-order valence-corrected chi connectivity index (χ0v) is 11.8. The van der Waals surface area contributed by atoms with E-state index in [2.05, 4.69) is 15.3 Å². The molecule has 1 aromatic carbocycles. The number of phenols is 1. The maximum Gasteiger partial charge on any atom is 0.161 e. The molecule has 0 amide bonds. The van der Waals surface area contributed by atoms with Crippen molar-refractivity contribution >= 4 is 0 Å². The van der Waals surface area contributed by atoms with Crippen LogP contribution in [0.25, 0.3) is 0 Å². The van der Waals surface area contributed by atoms with Crippen molar-refractivity contribution in [2.45, 2.75) is 26.9 Å². The van der Waals surface area contributed by atoms with Crippen molar-refractivity contribution in [3.8, 4) is 11.5 Å². The van der Waals surface area contributed by atoms with Crippen molar-refractivity contribution < 1.29 is 9.84 Å².